The van der Waals surface area contributed by atoms with Crippen molar-refractivity contribution in [1.29, 1.82) is 0 Å². The summed E-state index contributed by atoms with van der Waals surface area (Å²) in [4.78, 5) is 22.2. The fraction of sp³-hybridized carbons (Fsp3) is 0.391. The first-order chi connectivity index (χ1) is 16.6. The molecule has 1 saturated heterocycles. The largest absolute Gasteiger partial charge is 0.377 e. The van der Waals surface area contributed by atoms with Gasteiger partial charge in [0.05, 0.1) is 37.2 Å². The number of ether oxygens (including phenoxy) is 2. The second-order valence-corrected chi connectivity index (χ2v) is 8.61. The van der Waals surface area contributed by atoms with Gasteiger partial charge >= 0.3 is 0 Å². The second-order valence-electron chi connectivity index (χ2n) is 8.61. The Hall–Kier alpha value is -3.57. The summed E-state index contributed by atoms with van der Waals surface area (Å²) in [5.74, 6) is 1.08. The van der Waals surface area contributed by atoms with E-state index in [0.717, 1.165) is 17.0 Å². The smallest absolute Gasteiger partial charge is 0.257 e. The van der Waals surface area contributed by atoms with E-state index in [1.165, 1.54) is 6.20 Å². The number of nitrogens with one attached hydrogen (secondary N) is 2. The zero-order chi connectivity index (χ0) is 23.4. The third kappa shape index (κ3) is 3.31. The van der Waals surface area contributed by atoms with Gasteiger partial charge in [0.2, 0.25) is 0 Å². The number of hydrogen-bond donors (Lipinski definition) is 2. The van der Waals surface area contributed by atoms with Gasteiger partial charge in [-0.15, -0.1) is 0 Å². The minimum Gasteiger partial charge on any atom is -0.377 e. The third-order valence-corrected chi connectivity index (χ3v) is 6.54. The van der Waals surface area contributed by atoms with E-state index in [2.05, 4.69) is 20.3 Å². The molecule has 6 rings (SSSR count). The van der Waals surface area contributed by atoms with Gasteiger partial charge in [0.1, 0.15) is 29.5 Å². The molecule has 0 bridgehead atoms. The summed E-state index contributed by atoms with van der Waals surface area (Å²) in [5.41, 5.74) is 3.08. The van der Waals surface area contributed by atoms with Crippen molar-refractivity contribution in [1.82, 2.24) is 29.5 Å². The number of aromatic nitrogens is 5. The van der Waals surface area contributed by atoms with Crippen molar-refractivity contribution in [2.75, 3.05) is 32.7 Å². The molecule has 4 atom stereocenters. The van der Waals surface area contributed by atoms with Crippen LogP contribution in [0.3, 0.4) is 0 Å². The number of halogens is 1. The molecule has 3 aliphatic heterocycles. The Morgan fingerprint density at radius 2 is 2.15 bits per heavy atom. The van der Waals surface area contributed by atoms with Gasteiger partial charge in [-0.1, -0.05) is 0 Å². The zero-order valence-electron chi connectivity index (χ0n) is 18.7. The molecule has 0 spiro atoms. The summed E-state index contributed by atoms with van der Waals surface area (Å²) < 4.78 is 28.2. The van der Waals surface area contributed by atoms with Crippen LogP contribution in [-0.4, -0.2) is 75.7 Å². The summed E-state index contributed by atoms with van der Waals surface area (Å²) in [6.07, 6.45) is 4.52. The number of alkyl halides is 1. The number of carbonyl (C=O) groups is 1. The van der Waals surface area contributed by atoms with Crippen molar-refractivity contribution in [3.63, 3.8) is 0 Å². The van der Waals surface area contributed by atoms with Gasteiger partial charge in [0.25, 0.3) is 5.91 Å². The van der Waals surface area contributed by atoms with Gasteiger partial charge < -0.3 is 24.7 Å². The number of nitrogens with zero attached hydrogens (tertiary/aromatic N) is 5. The molecule has 176 valence electrons. The van der Waals surface area contributed by atoms with E-state index >= 15 is 0 Å². The Kier molecular flexibility index (Phi) is 4.96. The molecule has 2 aromatic rings. The van der Waals surface area contributed by atoms with E-state index in [1.807, 2.05) is 24.4 Å². The van der Waals surface area contributed by atoms with Gasteiger partial charge in [-0.2, -0.15) is 9.61 Å². The molecule has 0 radical (unpaired) electrons. The molecular weight excluding hydrogens is 441 g/mol. The first-order valence-corrected chi connectivity index (χ1v) is 11.2. The van der Waals surface area contributed by atoms with Crippen molar-refractivity contribution >= 4 is 17.4 Å². The molecule has 0 aromatic carbocycles. The quantitative estimate of drug-likeness (QED) is 0.449. The van der Waals surface area contributed by atoms with Crippen LogP contribution in [0.2, 0.25) is 0 Å². The van der Waals surface area contributed by atoms with Crippen LogP contribution in [0.5, 0.6) is 0 Å². The second kappa shape index (κ2) is 8.03. The van der Waals surface area contributed by atoms with Crippen molar-refractivity contribution in [2.45, 2.75) is 30.8 Å². The number of hydrogen-bond acceptors (Lipinski definition) is 7. The summed E-state index contributed by atoms with van der Waals surface area (Å²) in [6, 6.07) is 5.41. The molecule has 2 N–H and O–H groups in total. The van der Waals surface area contributed by atoms with Crippen molar-refractivity contribution in [3.8, 4) is 22.6 Å². The topological polar surface area (TPSA) is 108 Å². The van der Waals surface area contributed by atoms with E-state index < -0.39 is 12.2 Å². The highest BCUT2D eigenvalue weighted by atomic mass is 19.1. The van der Waals surface area contributed by atoms with E-state index in [0.29, 0.717) is 42.4 Å². The van der Waals surface area contributed by atoms with E-state index in [1.54, 1.807) is 24.9 Å². The van der Waals surface area contributed by atoms with Crippen molar-refractivity contribution in [3.05, 3.63) is 42.4 Å². The van der Waals surface area contributed by atoms with Crippen LogP contribution in [0.15, 0.2) is 36.8 Å². The molecular formula is C23H24FN7O3. The molecule has 1 amide bonds. The van der Waals surface area contributed by atoms with Gasteiger partial charge in [-0.05, 0) is 12.1 Å². The lowest BCUT2D eigenvalue weighted by Crippen LogP contribution is -2.27. The average molecular weight is 465 g/mol. The van der Waals surface area contributed by atoms with Crippen molar-refractivity contribution in [2.24, 2.45) is 0 Å². The zero-order valence-corrected chi connectivity index (χ0v) is 18.7. The van der Waals surface area contributed by atoms with E-state index in [9.17, 15) is 9.18 Å². The van der Waals surface area contributed by atoms with Gasteiger partial charge in [-0.25, -0.2) is 14.4 Å². The number of carbonyl (C=O) groups excluding carboxylic acids is 1. The Labute approximate surface area is 194 Å². The van der Waals surface area contributed by atoms with Crippen LogP contribution < -0.4 is 10.6 Å². The molecule has 1 aliphatic carbocycles. The summed E-state index contributed by atoms with van der Waals surface area (Å²) in [6.45, 7) is 1.09. The number of rotatable bonds is 6. The summed E-state index contributed by atoms with van der Waals surface area (Å²) in [5, 5.41) is 10.1. The maximum Gasteiger partial charge on any atom is 0.257 e. The molecule has 1 saturated carbocycles. The number of pyridine rings is 1. The molecule has 4 aliphatic rings. The van der Waals surface area contributed by atoms with Crippen LogP contribution in [0, 0.1) is 0 Å². The predicted octanol–water partition coefficient (Wildman–Crippen LogP) is 2.17. The van der Waals surface area contributed by atoms with Crippen LogP contribution in [0.25, 0.3) is 28.3 Å². The standard InChI is InChI=1S/C23H24FN7O3/c1-25-20-7-16(28-22-14(9-27-31(20)22)23(32)29-17-6-15(17)24)13-8-26-21-12(13)4-3-5-30(21)18-10-34-11-19(18)33-2/h3-5,7-9,15,17-19,25H,6,10-11H2,1-2H3,(H,29,32)/t15-,17+,18+,19+/m0/s1. The van der Waals surface area contributed by atoms with Crippen molar-refractivity contribution < 1.29 is 18.7 Å². The fourth-order valence-corrected chi connectivity index (χ4v) is 4.54. The minimum absolute atomic E-state index is 0.0200. The van der Waals surface area contributed by atoms with Crippen LogP contribution in [0.1, 0.15) is 22.8 Å². The van der Waals surface area contributed by atoms with Crippen LogP contribution in [-0.2, 0) is 9.47 Å². The summed E-state index contributed by atoms with van der Waals surface area (Å²) >= 11 is 0. The van der Waals surface area contributed by atoms with Crippen LogP contribution in [0.4, 0.5) is 10.2 Å². The monoisotopic (exact) mass is 465 g/mol. The normalized spacial score (nSPS) is 24.1. The van der Waals surface area contributed by atoms with Gasteiger partial charge in [-0.3, -0.25) is 4.79 Å². The van der Waals surface area contributed by atoms with E-state index in [4.69, 9.17) is 19.4 Å². The average Bonchev–Trinajstić information content (AvgIpc) is 3.30. The summed E-state index contributed by atoms with van der Waals surface area (Å²) in [7, 11) is 3.46. The highest BCUT2D eigenvalue weighted by Gasteiger charge is 2.39. The lowest BCUT2D eigenvalue weighted by Gasteiger charge is -2.22. The Morgan fingerprint density at radius 1 is 1.29 bits per heavy atom. The maximum atomic E-state index is 13.3. The molecule has 10 nitrogen and oxygen atoms in total. The molecule has 34 heavy (non-hydrogen) atoms. The number of anilines is 1. The van der Waals surface area contributed by atoms with Gasteiger partial charge in [0, 0.05) is 50.2 Å². The predicted molar refractivity (Wildman–Crippen MR) is 122 cm³/mol. The molecule has 11 heteroatoms. The molecule has 2 aromatic heterocycles. The minimum atomic E-state index is -0.987. The lowest BCUT2D eigenvalue weighted by molar-refractivity contribution is 0.0686. The molecule has 5 heterocycles. The molecule has 2 fully saturated rings. The Balaban J connectivity index is 1.41. The lowest BCUT2D eigenvalue weighted by atomic mass is 10.1. The number of amides is 1. The highest BCUT2D eigenvalue weighted by molar-refractivity contribution is 6.00. The number of fused-ring (bicyclic) bond motifs is 2. The highest BCUT2D eigenvalue weighted by Crippen LogP contribution is 2.37. The van der Waals surface area contributed by atoms with Gasteiger partial charge in [0.15, 0.2) is 5.65 Å². The molecule has 0 unspecified atom stereocenters. The fourth-order valence-electron chi connectivity index (χ4n) is 4.54. The van der Waals surface area contributed by atoms with Crippen LogP contribution >= 0.6 is 0 Å². The maximum absolute atomic E-state index is 13.3. The Morgan fingerprint density at radius 3 is 2.91 bits per heavy atom. The van der Waals surface area contributed by atoms with E-state index in [-0.39, 0.29) is 18.1 Å². The SMILES string of the molecule is CNc1cc(-c2cnc3n([C@@H]4COC[C@H]4OC)cccc2-3)nc2c(C(=O)N[C@@H]3C[C@@H]3F)cnn12. The first-order valence-electron chi connectivity index (χ1n) is 11.2. The Bertz CT molecular complexity index is 1350. The third-order valence-electron chi connectivity index (χ3n) is 6.54. The first kappa shape index (κ1) is 21.0. The number of methoxy groups -OCH3 is 1.